The minimum absolute atomic E-state index is 1.00. The standard InChI is InChI=1S/C12H14S.C5H12/c1-4-10(5-2)11(6-3)12-8-7-9-13-12;1-3-5-4-2/h4,6-9H,1,3,5H2,2H3;3-5H2,1-2H3/b11-10-;. The Morgan fingerprint density at radius 3 is 2.11 bits per heavy atom. The van der Waals surface area contributed by atoms with Crippen molar-refractivity contribution in [2.45, 2.75) is 46.5 Å². The molecule has 1 heterocycles. The molecule has 0 aliphatic heterocycles. The Balaban J connectivity index is 0.000000494. The molecule has 1 aromatic rings. The van der Waals surface area contributed by atoms with Gasteiger partial charge in [-0.2, -0.15) is 0 Å². The molecular weight excluding hydrogens is 236 g/mol. The van der Waals surface area contributed by atoms with Crippen LogP contribution in [0.15, 0.2) is 48.4 Å². The van der Waals surface area contributed by atoms with E-state index in [1.165, 1.54) is 35.3 Å². The number of allylic oxidation sites excluding steroid dienone is 4. The Morgan fingerprint density at radius 1 is 1.17 bits per heavy atom. The van der Waals surface area contributed by atoms with Crippen molar-refractivity contribution in [1.29, 1.82) is 0 Å². The number of rotatable bonds is 6. The van der Waals surface area contributed by atoms with Crippen LogP contribution >= 0.6 is 11.3 Å². The average Bonchev–Trinajstić information content (AvgIpc) is 2.91. The van der Waals surface area contributed by atoms with Crippen molar-refractivity contribution in [3.63, 3.8) is 0 Å². The van der Waals surface area contributed by atoms with E-state index in [1.54, 1.807) is 11.3 Å². The van der Waals surface area contributed by atoms with Crippen LogP contribution in [0.3, 0.4) is 0 Å². The topological polar surface area (TPSA) is 0 Å². The van der Waals surface area contributed by atoms with Crippen LogP contribution in [-0.4, -0.2) is 0 Å². The summed E-state index contributed by atoms with van der Waals surface area (Å²) < 4.78 is 0. The Hall–Kier alpha value is -1.08. The number of hydrogen-bond donors (Lipinski definition) is 0. The van der Waals surface area contributed by atoms with Gasteiger partial charge in [-0.1, -0.05) is 71.4 Å². The van der Waals surface area contributed by atoms with Gasteiger partial charge in [-0.05, 0) is 29.0 Å². The summed E-state index contributed by atoms with van der Waals surface area (Å²) in [5.41, 5.74) is 2.48. The molecule has 0 fully saturated rings. The Bertz CT molecular complexity index is 353. The van der Waals surface area contributed by atoms with Crippen LogP contribution in [0, 0.1) is 0 Å². The molecule has 18 heavy (non-hydrogen) atoms. The molecule has 0 atom stereocenters. The highest BCUT2D eigenvalue weighted by Gasteiger charge is 2.02. The maximum absolute atomic E-state index is 3.83. The summed E-state index contributed by atoms with van der Waals surface area (Å²) in [5, 5.41) is 2.08. The normalized spacial score (nSPS) is 11.1. The highest BCUT2D eigenvalue weighted by atomic mass is 32.1. The molecule has 0 bridgehead atoms. The van der Waals surface area contributed by atoms with Gasteiger partial charge < -0.3 is 0 Å². The molecule has 0 aromatic carbocycles. The number of hydrogen-bond acceptors (Lipinski definition) is 1. The van der Waals surface area contributed by atoms with E-state index in [-0.39, 0.29) is 0 Å². The van der Waals surface area contributed by atoms with E-state index in [9.17, 15) is 0 Å². The second-order valence-corrected chi connectivity index (χ2v) is 4.98. The second kappa shape index (κ2) is 11.0. The van der Waals surface area contributed by atoms with Gasteiger partial charge in [0.25, 0.3) is 0 Å². The molecule has 0 aliphatic carbocycles. The summed E-state index contributed by atoms with van der Waals surface area (Å²) in [6.07, 6.45) is 8.90. The van der Waals surface area contributed by atoms with Crippen molar-refractivity contribution in [2.24, 2.45) is 0 Å². The zero-order valence-corrected chi connectivity index (χ0v) is 12.9. The van der Waals surface area contributed by atoms with Crippen LogP contribution in [-0.2, 0) is 0 Å². The fourth-order valence-corrected chi connectivity index (χ4v) is 2.42. The predicted molar refractivity (Wildman–Crippen MR) is 87.1 cm³/mol. The average molecular weight is 262 g/mol. The molecule has 1 aromatic heterocycles. The van der Waals surface area contributed by atoms with E-state index in [4.69, 9.17) is 0 Å². The quantitative estimate of drug-likeness (QED) is 0.515. The van der Waals surface area contributed by atoms with Gasteiger partial charge in [0.05, 0.1) is 0 Å². The zero-order valence-electron chi connectivity index (χ0n) is 12.0. The van der Waals surface area contributed by atoms with Crippen LogP contribution in [0.1, 0.15) is 51.3 Å². The first-order valence-corrected chi connectivity index (χ1v) is 7.64. The van der Waals surface area contributed by atoms with Gasteiger partial charge in [0.15, 0.2) is 0 Å². The van der Waals surface area contributed by atoms with Gasteiger partial charge in [-0.3, -0.25) is 0 Å². The molecule has 0 saturated carbocycles. The van der Waals surface area contributed by atoms with Crippen LogP contribution in [0.2, 0.25) is 0 Å². The number of unbranched alkanes of at least 4 members (excludes halogenated alkanes) is 2. The third kappa shape index (κ3) is 6.02. The fraction of sp³-hybridized carbons (Fsp3) is 0.412. The first-order valence-electron chi connectivity index (χ1n) is 6.76. The van der Waals surface area contributed by atoms with Crippen molar-refractivity contribution in [3.05, 3.63) is 53.3 Å². The van der Waals surface area contributed by atoms with Crippen molar-refractivity contribution in [1.82, 2.24) is 0 Å². The first-order chi connectivity index (χ1) is 8.74. The van der Waals surface area contributed by atoms with Gasteiger partial charge in [-0.25, -0.2) is 0 Å². The van der Waals surface area contributed by atoms with Crippen molar-refractivity contribution >= 4 is 16.9 Å². The molecule has 0 unspecified atom stereocenters. The minimum atomic E-state index is 1.00. The first kappa shape index (κ1) is 16.9. The van der Waals surface area contributed by atoms with Crippen LogP contribution in [0.25, 0.3) is 5.57 Å². The lowest BCUT2D eigenvalue weighted by atomic mass is 10.0. The highest BCUT2D eigenvalue weighted by molar-refractivity contribution is 7.11. The molecule has 100 valence electrons. The van der Waals surface area contributed by atoms with Crippen molar-refractivity contribution in [3.8, 4) is 0 Å². The molecule has 0 N–H and O–H groups in total. The summed E-state index contributed by atoms with van der Waals surface area (Å²) in [6, 6.07) is 4.17. The molecule has 1 rings (SSSR count). The van der Waals surface area contributed by atoms with Gasteiger partial charge in [0.2, 0.25) is 0 Å². The number of thiophene rings is 1. The third-order valence-electron chi connectivity index (χ3n) is 2.67. The van der Waals surface area contributed by atoms with Gasteiger partial charge in [0.1, 0.15) is 0 Å². The SMILES string of the molecule is C=C/C(CC)=C(\C=C)c1cccs1.CCCCC. The monoisotopic (exact) mass is 262 g/mol. The molecule has 0 saturated heterocycles. The lowest BCUT2D eigenvalue weighted by Crippen LogP contribution is -1.82. The van der Waals surface area contributed by atoms with Gasteiger partial charge in [-0.15, -0.1) is 11.3 Å². The summed E-state index contributed by atoms with van der Waals surface area (Å²) in [6.45, 7) is 14.2. The molecule has 0 radical (unpaired) electrons. The lowest BCUT2D eigenvalue weighted by molar-refractivity contribution is 0.772. The Morgan fingerprint density at radius 2 is 1.83 bits per heavy atom. The summed E-state index contributed by atoms with van der Waals surface area (Å²) >= 11 is 1.74. The van der Waals surface area contributed by atoms with E-state index in [0.717, 1.165) is 6.42 Å². The van der Waals surface area contributed by atoms with E-state index in [1.807, 2.05) is 12.2 Å². The minimum Gasteiger partial charge on any atom is -0.144 e. The largest absolute Gasteiger partial charge is 0.144 e. The lowest BCUT2D eigenvalue weighted by Gasteiger charge is -2.03. The molecule has 0 spiro atoms. The van der Waals surface area contributed by atoms with Gasteiger partial charge >= 0.3 is 0 Å². The van der Waals surface area contributed by atoms with Crippen LogP contribution in [0.4, 0.5) is 0 Å². The molecule has 0 nitrogen and oxygen atoms in total. The maximum atomic E-state index is 3.83. The summed E-state index contributed by atoms with van der Waals surface area (Å²) in [4.78, 5) is 1.27. The van der Waals surface area contributed by atoms with E-state index >= 15 is 0 Å². The predicted octanol–water partition coefficient (Wildman–Crippen LogP) is 6.48. The second-order valence-electron chi connectivity index (χ2n) is 4.03. The van der Waals surface area contributed by atoms with Crippen molar-refractivity contribution in [2.75, 3.05) is 0 Å². The van der Waals surface area contributed by atoms with Gasteiger partial charge in [0, 0.05) is 4.88 Å². The Kier molecular flexibility index (Phi) is 10.4. The summed E-state index contributed by atoms with van der Waals surface area (Å²) in [5.74, 6) is 0. The van der Waals surface area contributed by atoms with E-state index < -0.39 is 0 Å². The zero-order chi connectivity index (χ0) is 13.8. The van der Waals surface area contributed by atoms with Crippen LogP contribution < -0.4 is 0 Å². The van der Waals surface area contributed by atoms with Crippen molar-refractivity contribution < 1.29 is 0 Å². The maximum Gasteiger partial charge on any atom is 0.0345 e. The highest BCUT2D eigenvalue weighted by Crippen LogP contribution is 2.26. The molecule has 0 amide bonds. The third-order valence-corrected chi connectivity index (χ3v) is 3.57. The van der Waals surface area contributed by atoms with E-state index in [2.05, 4.69) is 51.4 Å². The smallest absolute Gasteiger partial charge is 0.0345 e. The summed E-state index contributed by atoms with van der Waals surface area (Å²) in [7, 11) is 0. The fourth-order valence-electron chi connectivity index (χ4n) is 1.62. The molecule has 1 heteroatoms. The molecular formula is C17H26S. The molecule has 0 aliphatic rings. The van der Waals surface area contributed by atoms with Crippen LogP contribution in [0.5, 0.6) is 0 Å². The Labute approximate surface area is 117 Å². The van der Waals surface area contributed by atoms with E-state index in [0.29, 0.717) is 0 Å².